The zero-order valence-electron chi connectivity index (χ0n) is 11.5. The summed E-state index contributed by atoms with van der Waals surface area (Å²) in [7, 11) is -10.7. The first-order valence-corrected chi connectivity index (χ1v) is 8.34. The van der Waals surface area contributed by atoms with Crippen LogP contribution in [0.25, 0.3) is 0 Å². The Morgan fingerprint density at radius 2 is 1.50 bits per heavy atom. The van der Waals surface area contributed by atoms with Crippen LogP contribution in [0.15, 0.2) is 24.4 Å². The molecule has 0 bridgehead atoms. The molecule has 0 unspecified atom stereocenters. The average Bonchev–Trinajstić information content (AvgIpc) is 2.22. The van der Waals surface area contributed by atoms with Crippen LogP contribution in [-0.4, -0.2) is 0 Å². The van der Waals surface area contributed by atoms with Gasteiger partial charge in [-0.3, -0.25) is 0 Å². The van der Waals surface area contributed by atoms with E-state index in [-0.39, 0.29) is 0 Å². The first kappa shape index (κ1) is 19.2. The monoisotopic (exact) mass is 323 g/mol. The summed E-state index contributed by atoms with van der Waals surface area (Å²) in [6.07, 6.45) is 7.52. The Balaban J connectivity index is 0.000000441. The van der Waals surface area contributed by atoms with Gasteiger partial charge in [-0.05, 0) is 6.42 Å². The van der Waals surface area contributed by atoms with Gasteiger partial charge in [-0.1, -0.05) is 25.8 Å². The van der Waals surface area contributed by atoms with Crippen molar-refractivity contribution in [2.75, 3.05) is 0 Å². The van der Waals surface area contributed by atoms with Gasteiger partial charge in [0, 0.05) is 25.5 Å². The molecular weight excluding hydrogens is 303 g/mol. The Bertz CT molecular complexity index is 403. The number of hydrogen-bond acceptors (Lipinski definition) is 0. The van der Waals surface area contributed by atoms with Crippen molar-refractivity contribution in [3.63, 3.8) is 0 Å². The second-order valence-corrected chi connectivity index (χ2v) is 6.47. The standard InChI is InChI=1S/C12H20N.F6P/c1-3-4-5-7-10-13-11-8-6-9-12(13)2;1-7(2,3,4,5)6/h6,8-9,11H,3-5,7,10H2,1-2H3;/q+1;-1. The molecule has 0 saturated heterocycles. The Hall–Kier alpha value is -0.840. The van der Waals surface area contributed by atoms with Crippen LogP contribution in [0.4, 0.5) is 25.2 Å². The van der Waals surface area contributed by atoms with Crippen molar-refractivity contribution in [1.29, 1.82) is 0 Å². The van der Waals surface area contributed by atoms with Crippen LogP contribution in [0.2, 0.25) is 0 Å². The number of halogens is 6. The SMILES string of the molecule is CCCCCC[n+]1ccccc1C.F[P-](F)(F)(F)(F)F. The van der Waals surface area contributed by atoms with E-state index >= 15 is 0 Å². The van der Waals surface area contributed by atoms with Gasteiger partial charge in [0.25, 0.3) is 0 Å². The van der Waals surface area contributed by atoms with Crippen LogP contribution in [0.5, 0.6) is 0 Å². The molecule has 1 aromatic rings. The predicted molar refractivity (Wildman–Crippen MR) is 69.1 cm³/mol. The van der Waals surface area contributed by atoms with Crippen molar-refractivity contribution in [3.05, 3.63) is 30.1 Å². The maximum atomic E-state index is 9.87. The van der Waals surface area contributed by atoms with Gasteiger partial charge < -0.3 is 0 Å². The molecule has 0 aromatic carbocycles. The van der Waals surface area contributed by atoms with Gasteiger partial charge in [-0.25, -0.2) is 4.57 Å². The van der Waals surface area contributed by atoms with Crippen LogP contribution >= 0.6 is 7.81 Å². The van der Waals surface area contributed by atoms with Crippen molar-refractivity contribution in [3.8, 4) is 0 Å². The predicted octanol–water partition coefficient (Wildman–Crippen LogP) is 6.25. The Morgan fingerprint density at radius 1 is 0.950 bits per heavy atom. The van der Waals surface area contributed by atoms with E-state index in [2.05, 4.69) is 42.8 Å². The topological polar surface area (TPSA) is 3.88 Å². The van der Waals surface area contributed by atoms with Gasteiger partial charge in [-0.15, -0.1) is 0 Å². The number of unbranched alkanes of at least 4 members (excludes halogenated alkanes) is 3. The second-order valence-electron chi connectivity index (χ2n) is 4.55. The molecule has 20 heavy (non-hydrogen) atoms. The van der Waals surface area contributed by atoms with Crippen molar-refractivity contribution < 1.29 is 29.7 Å². The molecule has 0 saturated carbocycles. The molecule has 0 fully saturated rings. The molecule has 0 aliphatic rings. The van der Waals surface area contributed by atoms with E-state index in [4.69, 9.17) is 0 Å². The number of nitrogens with zero attached hydrogens (tertiary/aromatic N) is 1. The fraction of sp³-hybridized carbons (Fsp3) is 0.583. The minimum atomic E-state index is -10.7. The summed E-state index contributed by atoms with van der Waals surface area (Å²) < 4.78 is 61.5. The van der Waals surface area contributed by atoms with Gasteiger partial charge in [-0.2, -0.15) is 0 Å². The second kappa shape index (κ2) is 6.29. The summed E-state index contributed by atoms with van der Waals surface area (Å²) in [4.78, 5) is 0. The molecule has 1 rings (SSSR count). The van der Waals surface area contributed by atoms with Gasteiger partial charge in [0.2, 0.25) is 0 Å². The summed E-state index contributed by atoms with van der Waals surface area (Å²) in [5.41, 5.74) is 1.36. The summed E-state index contributed by atoms with van der Waals surface area (Å²) in [6, 6.07) is 6.37. The normalized spacial score (nSPS) is 14.8. The molecule has 120 valence electrons. The Kier molecular flexibility index (Phi) is 6.02. The molecule has 0 N–H and O–H groups in total. The average molecular weight is 323 g/mol. The maximum absolute atomic E-state index is 10.7. The van der Waals surface area contributed by atoms with Crippen LogP contribution in [0, 0.1) is 6.92 Å². The van der Waals surface area contributed by atoms with E-state index in [1.54, 1.807) is 0 Å². The molecule has 0 atom stereocenters. The summed E-state index contributed by atoms with van der Waals surface area (Å²) >= 11 is 0. The van der Waals surface area contributed by atoms with Crippen LogP contribution in [0.3, 0.4) is 0 Å². The zero-order valence-corrected chi connectivity index (χ0v) is 12.4. The molecular formula is C12H20F6NP. The quantitative estimate of drug-likeness (QED) is 0.261. The van der Waals surface area contributed by atoms with Crippen molar-refractivity contribution in [1.82, 2.24) is 0 Å². The van der Waals surface area contributed by atoms with Crippen molar-refractivity contribution >= 4 is 7.81 Å². The first-order valence-electron chi connectivity index (χ1n) is 6.31. The molecule has 0 aliphatic carbocycles. The van der Waals surface area contributed by atoms with Crippen molar-refractivity contribution in [2.24, 2.45) is 0 Å². The van der Waals surface area contributed by atoms with Gasteiger partial charge in [0.1, 0.15) is 6.54 Å². The number of rotatable bonds is 5. The molecule has 0 aliphatic heterocycles. The van der Waals surface area contributed by atoms with E-state index in [0.717, 1.165) is 0 Å². The Morgan fingerprint density at radius 3 is 1.95 bits per heavy atom. The molecule has 0 spiro atoms. The Labute approximate surface area is 114 Å². The number of pyridine rings is 1. The van der Waals surface area contributed by atoms with Crippen molar-refractivity contribution in [2.45, 2.75) is 46.1 Å². The first-order chi connectivity index (χ1) is 8.79. The van der Waals surface area contributed by atoms with Crippen LogP contribution in [0.1, 0.15) is 38.3 Å². The fourth-order valence-corrected chi connectivity index (χ4v) is 1.52. The van der Waals surface area contributed by atoms with Gasteiger partial charge in [0.15, 0.2) is 11.9 Å². The van der Waals surface area contributed by atoms with Gasteiger partial charge in [0.05, 0.1) is 0 Å². The zero-order chi connectivity index (χ0) is 15.9. The molecule has 8 heteroatoms. The molecule has 1 aromatic heterocycles. The molecule has 0 amide bonds. The molecule has 1 heterocycles. The third-order valence-corrected chi connectivity index (χ3v) is 2.42. The van der Waals surface area contributed by atoms with Crippen LogP contribution in [-0.2, 0) is 6.54 Å². The number of aromatic nitrogens is 1. The van der Waals surface area contributed by atoms with E-state index < -0.39 is 7.81 Å². The molecule has 0 radical (unpaired) electrons. The fourth-order valence-electron chi connectivity index (χ4n) is 1.52. The summed E-state index contributed by atoms with van der Waals surface area (Å²) in [6.45, 7) is 5.59. The third-order valence-electron chi connectivity index (χ3n) is 2.42. The third kappa shape index (κ3) is 17.2. The van der Waals surface area contributed by atoms with E-state index in [9.17, 15) is 25.2 Å². The van der Waals surface area contributed by atoms with E-state index in [1.165, 1.54) is 37.9 Å². The summed E-state index contributed by atoms with van der Waals surface area (Å²) in [5.74, 6) is 0. The number of hydrogen-bond donors (Lipinski definition) is 0. The van der Waals surface area contributed by atoms with E-state index in [1.807, 2.05) is 0 Å². The van der Waals surface area contributed by atoms with Gasteiger partial charge >= 0.3 is 33.0 Å². The van der Waals surface area contributed by atoms with Crippen LogP contribution < -0.4 is 4.57 Å². The minimum absolute atomic E-state index is 1.17. The summed E-state index contributed by atoms with van der Waals surface area (Å²) in [5, 5.41) is 0. The van der Waals surface area contributed by atoms with E-state index in [0.29, 0.717) is 0 Å². The molecule has 1 nitrogen and oxygen atoms in total. The number of aryl methyl sites for hydroxylation is 2.